The van der Waals surface area contributed by atoms with E-state index in [2.05, 4.69) is 4.90 Å². The molecule has 82 valence electrons. The largest absolute Gasteiger partial charge is 0.393 e. The number of hydrogen-bond acceptors (Lipinski definition) is 2. The summed E-state index contributed by atoms with van der Waals surface area (Å²) in [5.41, 5.74) is 0. The van der Waals surface area contributed by atoms with Gasteiger partial charge in [0.2, 0.25) is 0 Å². The number of nitrogens with zero attached hydrogens (tertiary/aromatic N) is 1. The summed E-state index contributed by atoms with van der Waals surface area (Å²) in [6.07, 6.45) is 9.20. The van der Waals surface area contributed by atoms with Crippen molar-refractivity contribution in [3.05, 3.63) is 0 Å². The van der Waals surface area contributed by atoms with Crippen LogP contribution in [0.1, 0.15) is 44.9 Å². The highest BCUT2D eigenvalue weighted by Crippen LogP contribution is 2.25. The molecule has 0 aromatic rings. The van der Waals surface area contributed by atoms with Gasteiger partial charge in [-0.25, -0.2) is 0 Å². The molecule has 1 saturated heterocycles. The second kappa shape index (κ2) is 5.13. The zero-order chi connectivity index (χ0) is 9.80. The third-order valence-corrected chi connectivity index (χ3v) is 3.80. The van der Waals surface area contributed by atoms with E-state index < -0.39 is 0 Å². The first-order valence-corrected chi connectivity index (χ1v) is 6.25. The molecule has 2 heteroatoms. The minimum Gasteiger partial charge on any atom is -0.393 e. The first-order valence-electron chi connectivity index (χ1n) is 6.25. The topological polar surface area (TPSA) is 23.5 Å². The van der Waals surface area contributed by atoms with Crippen molar-refractivity contribution in [2.24, 2.45) is 5.92 Å². The second-order valence-electron chi connectivity index (χ2n) is 5.04. The molecule has 1 heterocycles. The summed E-state index contributed by atoms with van der Waals surface area (Å²) in [5.74, 6) is 0.957. The Labute approximate surface area is 87.3 Å². The molecule has 14 heavy (non-hydrogen) atoms. The zero-order valence-electron chi connectivity index (χ0n) is 9.12. The third kappa shape index (κ3) is 2.96. The SMILES string of the molecule is OC1CCN(CC2CCCCC2)CC1. The maximum atomic E-state index is 9.41. The Morgan fingerprint density at radius 3 is 2.21 bits per heavy atom. The molecule has 0 unspecified atom stereocenters. The van der Waals surface area contributed by atoms with Crippen LogP contribution in [0.4, 0.5) is 0 Å². The van der Waals surface area contributed by atoms with Crippen LogP contribution in [-0.4, -0.2) is 35.7 Å². The molecule has 2 rings (SSSR count). The summed E-state index contributed by atoms with van der Waals surface area (Å²) in [5, 5.41) is 9.41. The van der Waals surface area contributed by atoms with Gasteiger partial charge >= 0.3 is 0 Å². The van der Waals surface area contributed by atoms with Gasteiger partial charge < -0.3 is 10.0 Å². The quantitative estimate of drug-likeness (QED) is 0.732. The van der Waals surface area contributed by atoms with Gasteiger partial charge in [0.05, 0.1) is 6.10 Å². The molecule has 1 aliphatic carbocycles. The van der Waals surface area contributed by atoms with E-state index in [0.29, 0.717) is 0 Å². The molecule has 0 atom stereocenters. The molecule has 2 fully saturated rings. The lowest BCUT2D eigenvalue weighted by Crippen LogP contribution is -2.39. The summed E-state index contributed by atoms with van der Waals surface area (Å²) >= 11 is 0. The van der Waals surface area contributed by atoms with Crippen LogP contribution >= 0.6 is 0 Å². The molecule has 2 nitrogen and oxygen atoms in total. The van der Waals surface area contributed by atoms with Gasteiger partial charge in [-0.2, -0.15) is 0 Å². The van der Waals surface area contributed by atoms with Crippen molar-refractivity contribution in [2.75, 3.05) is 19.6 Å². The molecule has 2 aliphatic rings. The first-order chi connectivity index (χ1) is 6.84. The Morgan fingerprint density at radius 2 is 1.57 bits per heavy atom. The van der Waals surface area contributed by atoms with Crippen molar-refractivity contribution in [3.8, 4) is 0 Å². The number of hydrogen-bond donors (Lipinski definition) is 1. The molecule has 1 N–H and O–H groups in total. The highest BCUT2D eigenvalue weighted by molar-refractivity contribution is 4.75. The summed E-state index contributed by atoms with van der Waals surface area (Å²) in [7, 11) is 0. The van der Waals surface area contributed by atoms with Crippen molar-refractivity contribution in [3.63, 3.8) is 0 Å². The summed E-state index contributed by atoms with van der Waals surface area (Å²) in [6.45, 7) is 3.54. The molecule has 1 aliphatic heterocycles. The fourth-order valence-corrected chi connectivity index (χ4v) is 2.84. The Hall–Kier alpha value is -0.0800. The van der Waals surface area contributed by atoms with E-state index in [1.54, 1.807) is 0 Å². The molecule has 0 aromatic heterocycles. The van der Waals surface area contributed by atoms with Gasteiger partial charge in [0.25, 0.3) is 0 Å². The zero-order valence-corrected chi connectivity index (χ0v) is 9.12. The van der Waals surface area contributed by atoms with Crippen molar-refractivity contribution >= 4 is 0 Å². The van der Waals surface area contributed by atoms with Crippen LogP contribution in [0.15, 0.2) is 0 Å². The monoisotopic (exact) mass is 197 g/mol. The molecule has 1 saturated carbocycles. The Bertz CT molecular complexity index is 158. The Morgan fingerprint density at radius 1 is 0.929 bits per heavy atom. The van der Waals surface area contributed by atoms with E-state index in [4.69, 9.17) is 0 Å². The standard InChI is InChI=1S/C12H23NO/c14-12-6-8-13(9-7-12)10-11-4-2-1-3-5-11/h11-12,14H,1-10H2. The molecule has 0 spiro atoms. The Balaban J connectivity index is 1.68. The fourth-order valence-electron chi connectivity index (χ4n) is 2.84. The Kier molecular flexibility index (Phi) is 3.82. The molecule has 0 radical (unpaired) electrons. The predicted octanol–water partition coefficient (Wildman–Crippen LogP) is 2.02. The highest BCUT2D eigenvalue weighted by Gasteiger charge is 2.21. The van der Waals surface area contributed by atoms with E-state index in [-0.39, 0.29) is 6.10 Å². The molecule has 0 bridgehead atoms. The summed E-state index contributed by atoms with van der Waals surface area (Å²) < 4.78 is 0. The van der Waals surface area contributed by atoms with Gasteiger partial charge in [0, 0.05) is 19.6 Å². The minimum absolute atomic E-state index is 0.0161. The average Bonchev–Trinajstić information content (AvgIpc) is 2.23. The van der Waals surface area contributed by atoms with Crippen LogP contribution < -0.4 is 0 Å². The van der Waals surface area contributed by atoms with E-state index in [1.165, 1.54) is 38.6 Å². The number of likely N-dealkylation sites (tertiary alicyclic amines) is 1. The number of aliphatic hydroxyl groups is 1. The van der Waals surface area contributed by atoms with E-state index in [0.717, 1.165) is 31.8 Å². The van der Waals surface area contributed by atoms with Crippen LogP contribution in [-0.2, 0) is 0 Å². The molecule has 0 amide bonds. The van der Waals surface area contributed by atoms with E-state index in [9.17, 15) is 5.11 Å². The number of rotatable bonds is 2. The van der Waals surface area contributed by atoms with Crippen LogP contribution in [0.2, 0.25) is 0 Å². The second-order valence-corrected chi connectivity index (χ2v) is 5.04. The van der Waals surface area contributed by atoms with Crippen molar-refractivity contribution in [1.82, 2.24) is 4.90 Å². The predicted molar refractivity (Wildman–Crippen MR) is 58.3 cm³/mol. The van der Waals surface area contributed by atoms with Gasteiger partial charge in [0.15, 0.2) is 0 Å². The maximum Gasteiger partial charge on any atom is 0.0564 e. The van der Waals surface area contributed by atoms with Crippen LogP contribution in [0.3, 0.4) is 0 Å². The van der Waals surface area contributed by atoms with Gasteiger partial charge in [-0.15, -0.1) is 0 Å². The van der Waals surface area contributed by atoms with Gasteiger partial charge in [0.1, 0.15) is 0 Å². The van der Waals surface area contributed by atoms with Gasteiger partial charge in [-0.3, -0.25) is 0 Å². The van der Waals surface area contributed by atoms with Crippen LogP contribution in [0.5, 0.6) is 0 Å². The third-order valence-electron chi connectivity index (χ3n) is 3.80. The van der Waals surface area contributed by atoms with Crippen LogP contribution in [0, 0.1) is 5.92 Å². The van der Waals surface area contributed by atoms with Crippen molar-refractivity contribution < 1.29 is 5.11 Å². The van der Waals surface area contributed by atoms with Gasteiger partial charge in [-0.05, 0) is 31.6 Å². The average molecular weight is 197 g/mol. The smallest absolute Gasteiger partial charge is 0.0564 e. The minimum atomic E-state index is -0.0161. The van der Waals surface area contributed by atoms with E-state index >= 15 is 0 Å². The van der Waals surface area contributed by atoms with Crippen molar-refractivity contribution in [2.45, 2.75) is 51.0 Å². The maximum absolute atomic E-state index is 9.41. The fraction of sp³-hybridized carbons (Fsp3) is 1.00. The summed E-state index contributed by atoms with van der Waals surface area (Å²) in [6, 6.07) is 0. The summed E-state index contributed by atoms with van der Waals surface area (Å²) in [4.78, 5) is 2.56. The normalized spacial score (nSPS) is 28.1. The first kappa shape index (κ1) is 10.4. The van der Waals surface area contributed by atoms with Crippen molar-refractivity contribution in [1.29, 1.82) is 0 Å². The van der Waals surface area contributed by atoms with Gasteiger partial charge in [-0.1, -0.05) is 19.3 Å². The lowest BCUT2D eigenvalue weighted by atomic mass is 9.88. The highest BCUT2D eigenvalue weighted by atomic mass is 16.3. The number of aliphatic hydroxyl groups excluding tert-OH is 1. The lowest BCUT2D eigenvalue weighted by Gasteiger charge is -2.33. The molecular weight excluding hydrogens is 174 g/mol. The molecular formula is C12H23NO. The van der Waals surface area contributed by atoms with Crippen LogP contribution in [0.25, 0.3) is 0 Å². The molecule has 0 aromatic carbocycles. The van der Waals surface area contributed by atoms with E-state index in [1.807, 2.05) is 0 Å². The lowest BCUT2D eigenvalue weighted by molar-refractivity contribution is 0.0710. The number of piperidine rings is 1.